The zero-order chi connectivity index (χ0) is 11.5. The normalized spacial score (nSPS) is 19.4. The molecule has 0 bridgehead atoms. The van der Waals surface area contributed by atoms with Crippen molar-refractivity contribution in [1.82, 2.24) is 9.78 Å². The van der Waals surface area contributed by atoms with Gasteiger partial charge in [0.25, 0.3) is 0 Å². The largest absolute Gasteiger partial charge is 0.381 e. The molecule has 3 nitrogen and oxygen atoms in total. The van der Waals surface area contributed by atoms with Crippen molar-refractivity contribution in [3.8, 4) is 5.69 Å². The predicted molar refractivity (Wildman–Crippen MR) is 72.9 cm³/mol. The van der Waals surface area contributed by atoms with Gasteiger partial charge in [0, 0.05) is 29.9 Å². The molecule has 1 aromatic heterocycles. The molecule has 0 radical (unpaired) electrons. The molecule has 1 saturated heterocycles. The van der Waals surface area contributed by atoms with E-state index in [9.17, 15) is 0 Å². The lowest BCUT2D eigenvalue weighted by molar-refractivity contribution is 0.811. The van der Waals surface area contributed by atoms with Crippen molar-refractivity contribution >= 4 is 17.4 Å². The third-order valence-corrected chi connectivity index (χ3v) is 4.08. The van der Waals surface area contributed by atoms with E-state index in [1.807, 2.05) is 28.7 Å². The molecule has 88 valence electrons. The van der Waals surface area contributed by atoms with Crippen molar-refractivity contribution in [3.63, 3.8) is 0 Å². The Hall–Kier alpha value is -1.42. The van der Waals surface area contributed by atoms with Crippen LogP contribution in [0, 0.1) is 0 Å². The van der Waals surface area contributed by atoms with Gasteiger partial charge in [-0.15, -0.1) is 0 Å². The number of anilines is 1. The molecule has 1 aliphatic rings. The van der Waals surface area contributed by atoms with Crippen LogP contribution in [-0.4, -0.2) is 27.3 Å². The maximum atomic E-state index is 4.24. The molecule has 1 unspecified atom stereocenters. The smallest absolute Gasteiger partial charge is 0.0666 e. The predicted octanol–water partition coefficient (Wildman–Crippen LogP) is 2.79. The van der Waals surface area contributed by atoms with Crippen LogP contribution < -0.4 is 5.32 Å². The first kappa shape index (κ1) is 10.7. The molecule has 2 aromatic rings. The third-order valence-electron chi connectivity index (χ3n) is 2.92. The Morgan fingerprint density at radius 2 is 2.35 bits per heavy atom. The van der Waals surface area contributed by atoms with Gasteiger partial charge in [0.15, 0.2) is 0 Å². The van der Waals surface area contributed by atoms with Crippen LogP contribution in [0.4, 0.5) is 5.69 Å². The Balaban J connectivity index is 1.79. The van der Waals surface area contributed by atoms with E-state index in [0.717, 1.165) is 5.69 Å². The molecule has 0 saturated carbocycles. The van der Waals surface area contributed by atoms with Crippen LogP contribution in [0.15, 0.2) is 42.7 Å². The molecular weight excluding hydrogens is 230 g/mol. The van der Waals surface area contributed by atoms with Gasteiger partial charge in [0.05, 0.1) is 5.69 Å². The first-order chi connectivity index (χ1) is 8.42. The highest BCUT2D eigenvalue weighted by Gasteiger charge is 2.14. The summed E-state index contributed by atoms with van der Waals surface area (Å²) >= 11 is 2.02. The van der Waals surface area contributed by atoms with Crippen molar-refractivity contribution in [1.29, 1.82) is 0 Å². The SMILES string of the molecule is c1cc(NC2CCSC2)cc(-n2cccn2)c1. The van der Waals surface area contributed by atoms with Gasteiger partial charge >= 0.3 is 0 Å². The average molecular weight is 245 g/mol. The lowest BCUT2D eigenvalue weighted by Gasteiger charge is -2.13. The van der Waals surface area contributed by atoms with E-state index in [1.54, 1.807) is 6.20 Å². The van der Waals surface area contributed by atoms with Crippen LogP contribution >= 0.6 is 11.8 Å². The van der Waals surface area contributed by atoms with E-state index >= 15 is 0 Å². The molecule has 1 atom stereocenters. The minimum atomic E-state index is 0.618. The van der Waals surface area contributed by atoms with Crippen molar-refractivity contribution in [2.24, 2.45) is 0 Å². The number of rotatable bonds is 3. The highest BCUT2D eigenvalue weighted by atomic mass is 32.2. The van der Waals surface area contributed by atoms with Crippen LogP contribution in [0.2, 0.25) is 0 Å². The third kappa shape index (κ3) is 2.47. The number of hydrogen-bond donors (Lipinski definition) is 1. The topological polar surface area (TPSA) is 29.9 Å². The molecule has 3 rings (SSSR count). The number of benzene rings is 1. The molecule has 4 heteroatoms. The number of nitrogens with zero attached hydrogens (tertiary/aromatic N) is 2. The number of thioether (sulfide) groups is 1. The number of aromatic nitrogens is 2. The molecule has 1 aromatic carbocycles. The summed E-state index contributed by atoms with van der Waals surface area (Å²) < 4.78 is 1.88. The quantitative estimate of drug-likeness (QED) is 0.901. The lowest BCUT2D eigenvalue weighted by atomic mass is 10.2. The highest BCUT2D eigenvalue weighted by molar-refractivity contribution is 7.99. The molecule has 2 heterocycles. The van der Waals surface area contributed by atoms with Crippen molar-refractivity contribution in [2.75, 3.05) is 16.8 Å². The Bertz CT molecular complexity index is 475. The summed E-state index contributed by atoms with van der Waals surface area (Å²) in [4.78, 5) is 0. The maximum Gasteiger partial charge on any atom is 0.0666 e. The minimum absolute atomic E-state index is 0.618. The zero-order valence-corrected chi connectivity index (χ0v) is 10.4. The number of nitrogens with one attached hydrogen (secondary N) is 1. The fourth-order valence-corrected chi connectivity index (χ4v) is 3.20. The summed E-state index contributed by atoms with van der Waals surface area (Å²) in [5.74, 6) is 2.49. The Morgan fingerprint density at radius 1 is 1.35 bits per heavy atom. The molecule has 0 aliphatic carbocycles. The summed E-state index contributed by atoms with van der Waals surface area (Å²) in [7, 11) is 0. The second-order valence-electron chi connectivity index (χ2n) is 4.21. The van der Waals surface area contributed by atoms with E-state index < -0.39 is 0 Å². The number of hydrogen-bond acceptors (Lipinski definition) is 3. The van der Waals surface area contributed by atoms with Crippen molar-refractivity contribution in [2.45, 2.75) is 12.5 Å². The first-order valence-electron chi connectivity index (χ1n) is 5.86. The summed E-state index contributed by atoms with van der Waals surface area (Å²) in [6, 6.07) is 11.0. The fraction of sp³-hybridized carbons (Fsp3) is 0.308. The Labute approximate surface area is 105 Å². The van der Waals surface area contributed by atoms with E-state index in [4.69, 9.17) is 0 Å². The van der Waals surface area contributed by atoms with Gasteiger partial charge in [0.2, 0.25) is 0 Å². The Kier molecular flexibility index (Phi) is 3.05. The van der Waals surface area contributed by atoms with Crippen molar-refractivity contribution < 1.29 is 0 Å². The summed E-state index contributed by atoms with van der Waals surface area (Å²) in [5, 5.41) is 7.83. The van der Waals surface area contributed by atoms with E-state index in [-0.39, 0.29) is 0 Å². The minimum Gasteiger partial charge on any atom is -0.381 e. The van der Waals surface area contributed by atoms with Gasteiger partial charge in [-0.3, -0.25) is 0 Å². The van der Waals surface area contributed by atoms with Gasteiger partial charge in [-0.1, -0.05) is 6.07 Å². The molecule has 1 fully saturated rings. The van der Waals surface area contributed by atoms with E-state index in [2.05, 4.69) is 34.7 Å². The van der Waals surface area contributed by atoms with Gasteiger partial charge < -0.3 is 5.32 Å². The van der Waals surface area contributed by atoms with E-state index in [1.165, 1.54) is 23.6 Å². The van der Waals surface area contributed by atoms with Crippen molar-refractivity contribution in [3.05, 3.63) is 42.7 Å². The fourth-order valence-electron chi connectivity index (χ4n) is 2.04. The van der Waals surface area contributed by atoms with Gasteiger partial charge in [-0.25, -0.2) is 4.68 Å². The molecule has 1 N–H and O–H groups in total. The van der Waals surface area contributed by atoms with Gasteiger partial charge in [-0.05, 0) is 36.4 Å². The summed E-state index contributed by atoms with van der Waals surface area (Å²) in [6.45, 7) is 0. The Morgan fingerprint density at radius 3 is 3.12 bits per heavy atom. The van der Waals surface area contributed by atoms with E-state index in [0.29, 0.717) is 6.04 Å². The zero-order valence-electron chi connectivity index (χ0n) is 9.54. The lowest BCUT2D eigenvalue weighted by Crippen LogP contribution is -2.18. The average Bonchev–Trinajstić information content (AvgIpc) is 3.01. The summed E-state index contributed by atoms with van der Waals surface area (Å²) in [5.41, 5.74) is 2.29. The second kappa shape index (κ2) is 4.84. The van der Waals surface area contributed by atoms with Crippen LogP contribution in [0.1, 0.15) is 6.42 Å². The molecule has 0 spiro atoms. The maximum absolute atomic E-state index is 4.24. The van der Waals surface area contributed by atoms with Crippen LogP contribution in [0.3, 0.4) is 0 Å². The first-order valence-corrected chi connectivity index (χ1v) is 7.02. The monoisotopic (exact) mass is 245 g/mol. The van der Waals surface area contributed by atoms with Gasteiger partial charge in [0.1, 0.15) is 0 Å². The van der Waals surface area contributed by atoms with Crippen LogP contribution in [0.5, 0.6) is 0 Å². The second-order valence-corrected chi connectivity index (χ2v) is 5.36. The van der Waals surface area contributed by atoms with Gasteiger partial charge in [-0.2, -0.15) is 16.9 Å². The molecule has 17 heavy (non-hydrogen) atoms. The van der Waals surface area contributed by atoms with Crippen LogP contribution in [-0.2, 0) is 0 Å². The standard InChI is InChI=1S/C13H15N3S/c1-3-11(15-12-5-8-17-10-12)9-13(4-1)16-7-2-6-14-16/h1-4,6-7,9,12,15H,5,8,10H2. The molecule has 0 amide bonds. The van der Waals surface area contributed by atoms with Crippen LogP contribution in [0.25, 0.3) is 5.69 Å². The molecule has 1 aliphatic heterocycles. The molecular formula is C13H15N3S. The summed E-state index contributed by atoms with van der Waals surface area (Å²) in [6.07, 6.45) is 5.02. The highest BCUT2D eigenvalue weighted by Crippen LogP contribution is 2.22.